The van der Waals surface area contributed by atoms with Crippen molar-refractivity contribution in [2.45, 2.75) is 44.8 Å². The van der Waals surface area contributed by atoms with Gasteiger partial charge >= 0.3 is 0 Å². The Balaban J connectivity index is 1.27. The van der Waals surface area contributed by atoms with Crippen molar-refractivity contribution in [2.24, 2.45) is 17.8 Å². The number of nitrogens with one attached hydrogen (secondary N) is 1. The smallest absolute Gasteiger partial charge is 0.253 e. The summed E-state index contributed by atoms with van der Waals surface area (Å²) in [5, 5.41) is 3.55. The van der Waals surface area contributed by atoms with Crippen LogP contribution in [0.3, 0.4) is 0 Å². The second-order valence-electron chi connectivity index (χ2n) is 12.3. The normalized spacial score (nSPS) is 26.0. The van der Waals surface area contributed by atoms with E-state index in [1.165, 1.54) is 9.80 Å². The first-order valence-electron chi connectivity index (χ1n) is 14.8. The van der Waals surface area contributed by atoms with Crippen LogP contribution in [0.2, 0.25) is 0 Å². The fraction of sp³-hybridized carbons (Fsp3) is 0.353. The van der Waals surface area contributed by atoms with Crippen molar-refractivity contribution in [3.63, 3.8) is 0 Å². The Kier molecular flexibility index (Phi) is 6.27. The Morgan fingerprint density at radius 2 is 1.57 bits per heavy atom. The molecule has 4 amide bonds. The second-order valence-corrected chi connectivity index (χ2v) is 12.3. The Hall–Kier alpha value is -4.30. The molecule has 0 aliphatic carbocycles. The van der Waals surface area contributed by atoms with Crippen LogP contribution in [-0.2, 0) is 37.7 Å². The first-order chi connectivity index (χ1) is 20.3. The third kappa shape index (κ3) is 3.85. The highest BCUT2D eigenvalue weighted by molar-refractivity contribution is 6.18. The van der Waals surface area contributed by atoms with E-state index in [0.717, 1.165) is 23.2 Å². The third-order valence-electron chi connectivity index (χ3n) is 9.35. The third-order valence-corrected chi connectivity index (χ3v) is 9.35. The van der Waals surface area contributed by atoms with Gasteiger partial charge in [-0.25, -0.2) is 0 Å². The summed E-state index contributed by atoms with van der Waals surface area (Å²) < 4.78 is 0. The highest BCUT2D eigenvalue weighted by atomic mass is 16.2. The maximum absolute atomic E-state index is 14.7. The molecule has 0 saturated carbocycles. The highest BCUT2D eigenvalue weighted by Crippen LogP contribution is 2.55. The van der Waals surface area contributed by atoms with E-state index >= 15 is 0 Å². The summed E-state index contributed by atoms with van der Waals surface area (Å²) in [6.45, 7) is 4.74. The predicted molar refractivity (Wildman–Crippen MR) is 158 cm³/mol. The van der Waals surface area contributed by atoms with E-state index in [0.29, 0.717) is 24.2 Å². The number of imide groups is 1. The molecule has 4 atom stereocenters. The van der Waals surface area contributed by atoms with Crippen molar-refractivity contribution in [2.75, 3.05) is 22.9 Å². The molecule has 4 aliphatic heterocycles. The van der Waals surface area contributed by atoms with Crippen molar-refractivity contribution >= 4 is 35.0 Å². The summed E-state index contributed by atoms with van der Waals surface area (Å²) >= 11 is 0. The van der Waals surface area contributed by atoms with Gasteiger partial charge in [0.25, 0.3) is 5.91 Å². The van der Waals surface area contributed by atoms with E-state index in [4.69, 9.17) is 0 Å². The lowest BCUT2D eigenvalue weighted by Gasteiger charge is -2.31. The Morgan fingerprint density at radius 1 is 0.881 bits per heavy atom. The van der Waals surface area contributed by atoms with E-state index in [2.05, 4.69) is 19.2 Å². The molecule has 8 heteroatoms. The quantitative estimate of drug-likeness (QED) is 0.464. The summed E-state index contributed by atoms with van der Waals surface area (Å²) in [5.41, 5.74) is 2.71. The van der Waals surface area contributed by atoms with Crippen LogP contribution < -0.4 is 15.1 Å². The molecule has 4 heterocycles. The number of para-hydroxylation sites is 2. The van der Waals surface area contributed by atoms with Gasteiger partial charge in [0.05, 0.1) is 18.4 Å². The summed E-state index contributed by atoms with van der Waals surface area (Å²) in [5.74, 6) is -2.40. The number of amides is 4. The van der Waals surface area contributed by atoms with Gasteiger partial charge in [0.2, 0.25) is 17.7 Å². The molecule has 2 fully saturated rings. The van der Waals surface area contributed by atoms with Gasteiger partial charge in [-0.05, 0) is 42.0 Å². The first kappa shape index (κ1) is 26.6. The fourth-order valence-corrected chi connectivity index (χ4v) is 7.61. The molecular weight excluding hydrogens is 528 g/mol. The summed E-state index contributed by atoms with van der Waals surface area (Å²) in [4.78, 5) is 61.2. The largest absolute Gasteiger partial charge is 0.310 e. The van der Waals surface area contributed by atoms with Crippen LogP contribution in [0.15, 0.2) is 78.9 Å². The van der Waals surface area contributed by atoms with Gasteiger partial charge < -0.3 is 9.80 Å². The first-order valence-corrected chi connectivity index (χ1v) is 14.8. The lowest BCUT2D eigenvalue weighted by Crippen LogP contribution is -2.56. The Labute approximate surface area is 245 Å². The minimum atomic E-state index is -1.41. The van der Waals surface area contributed by atoms with Crippen molar-refractivity contribution in [1.29, 1.82) is 0 Å². The molecule has 4 aliphatic rings. The molecule has 0 radical (unpaired) electrons. The zero-order valence-corrected chi connectivity index (χ0v) is 23.8. The van der Waals surface area contributed by atoms with Crippen LogP contribution in [0.1, 0.15) is 37.0 Å². The van der Waals surface area contributed by atoms with Crippen molar-refractivity contribution < 1.29 is 19.2 Å². The molecule has 214 valence electrons. The minimum Gasteiger partial charge on any atom is -0.310 e. The molecular formula is C34H34N4O4. The van der Waals surface area contributed by atoms with Crippen LogP contribution in [0.25, 0.3) is 0 Å². The van der Waals surface area contributed by atoms with Gasteiger partial charge in [0, 0.05) is 29.5 Å². The average molecular weight is 563 g/mol. The van der Waals surface area contributed by atoms with Gasteiger partial charge in [-0.1, -0.05) is 80.6 Å². The summed E-state index contributed by atoms with van der Waals surface area (Å²) in [7, 11) is 0. The van der Waals surface area contributed by atoms with Gasteiger partial charge in [0.15, 0.2) is 0 Å². The fourth-order valence-electron chi connectivity index (χ4n) is 7.61. The number of rotatable bonds is 6. The number of anilines is 2. The topological polar surface area (TPSA) is 90.0 Å². The van der Waals surface area contributed by atoms with E-state index in [1.807, 2.05) is 78.9 Å². The Bertz CT molecular complexity index is 1600. The summed E-state index contributed by atoms with van der Waals surface area (Å²) in [6, 6.07) is 24.3. The number of hydrogen-bond donors (Lipinski definition) is 1. The highest BCUT2D eigenvalue weighted by Gasteiger charge is 2.71. The molecule has 0 aromatic heterocycles. The van der Waals surface area contributed by atoms with E-state index in [9.17, 15) is 19.2 Å². The van der Waals surface area contributed by atoms with Crippen molar-refractivity contribution in [3.8, 4) is 0 Å². The molecule has 3 aromatic carbocycles. The van der Waals surface area contributed by atoms with E-state index in [1.54, 1.807) is 4.90 Å². The van der Waals surface area contributed by atoms with E-state index < -0.39 is 17.4 Å². The second kappa shape index (κ2) is 9.91. The maximum atomic E-state index is 14.7. The van der Waals surface area contributed by atoms with Crippen LogP contribution in [0, 0.1) is 17.8 Å². The predicted octanol–water partition coefficient (Wildman–Crippen LogP) is 3.64. The monoisotopic (exact) mass is 562 g/mol. The Morgan fingerprint density at radius 3 is 2.33 bits per heavy atom. The molecule has 1 spiro atoms. The number of hydrogen-bond acceptors (Lipinski definition) is 5. The van der Waals surface area contributed by atoms with Gasteiger partial charge in [-0.2, -0.15) is 0 Å². The van der Waals surface area contributed by atoms with Crippen LogP contribution in [0.5, 0.6) is 0 Å². The van der Waals surface area contributed by atoms with Crippen LogP contribution in [0.4, 0.5) is 11.4 Å². The average Bonchev–Trinajstić information content (AvgIpc) is 3.69. The standard InChI is InChI=1S/C34H34N4O4/c1-21(2)18-25-29-30(32(41)38(31(29)40)19-22-10-4-3-5-11-22)34(35-25)24-13-7-9-15-27(24)37(33(34)42)20-28(39)36-17-16-23-12-6-8-14-26(23)36/h3-15,21,25,29-30,35H,16-20H2,1-2H3/t25-,29-,30+,34+/m1/s1. The SMILES string of the molecule is CC(C)C[C@H]1N[C@]2(C(=O)N(CC(=O)N3CCc4ccccc43)c3ccccc32)[C@@H]2C(=O)N(Cc3ccccc3)C(=O)[C@@H]21. The number of benzene rings is 3. The van der Waals surface area contributed by atoms with Gasteiger partial charge in [-0.15, -0.1) is 0 Å². The maximum Gasteiger partial charge on any atom is 0.253 e. The van der Waals surface area contributed by atoms with Gasteiger partial charge in [0.1, 0.15) is 12.1 Å². The molecule has 42 heavy (non-hydrogen) atoms. The summed E-state index contributed by atoms with van der Waals surface area (Å²) in [6.07, 6.45) is 1.41. The lowest BCUT2D eigenvalue weighted by molar-refractivity contribution is -0.143. The molecule has 2 saturated heterocycles. The zero-order valence-electron chi connectivity index (χ0n) is 23.8. The molecule has 1 N–H and O–H groups in total. The minimum absolute atomic E-state index is 0.143. The van der Waals surface area contributed by atoms with Crippen LogP contribution >= 0.6 is 0 Å². The lowest BCUT2D eigenvalue weighted by atomic mass is 9.76. The number of carbonyl (C=O) groups excluding carboxylic acids is 4. The van der Waals surface area contributed by atoms with Crippen molar-refractivity contribution in [3.05, 3.63) is 95.6 Å². The number of nitrogens with zero attached hydrogens (tertiary/aromatic N) is 3. The molecule has 0 unspecified atom stereocenters. The zero-order chi connectivity index (χ0) is 29.2. The molecule has 8 nitrogen and oxygen atoms in total. The number of carbonyl (C=O) groups is 4. The van der Waals surface area contributed by atoms with Crippen LogP contribution in [-0.4, -0.2) is 47.7 Å². The molecule has 7 rings (SSSR count). The molecule has 3 aromatic rings. The van der Waals surface area contributed by atoms with Crippen molar-refractivity contribution in [1.82, 2.24) is 10.2 Å². The molecule has 0 bridgehead atoms. The van der Waals surface area contributed by atoms with Gasteiger partial charge in [-0.3, -0.25) is 29.4 Å². The number of likely N-dealkylation sites (tertiary alicyclic amines) is 1. The number of fused-ring (bicyclic) bond motifs is 5. The van der Waals surface area contributed by atoms with E-state index in [-0.39, 0.29) is 48.7 Å².